The average molecular weight is 382 g/mol. The number of nitrogens with zero attached hydrogens (tertiary/aromatic N) is 2. The third kappa shape index (κ3) is 4.89. The molecule has 1 aromatic carbocycles. The minimum Gasteiger partial charge on any atom is -0.356 e. The number of aromatic nitrogens is 1. The van der Waals surface area contributed by atoms with Crippen LogP contribution in [-0.4, -0.2) is 41.3 Å². The molecule has 0 saturated carbocycles. The van der Waals surface area contributed by atoms with Gasteiger partial charge in [0, 0.05) is 30.7 Å². The van der Waals surface area contributed by atoms with Gasteiger partial charge in [-0.15, -0.1) is 0 Å². The normalized spacial score (nSPS) is 16.9. The third-order valence-electron chi connectivity index (χ3n) is 5.48. The lowest BCUT2D eigenvalue weighted by Crippen LogP contribution is -2.45. The van der Waals surface area contributed by atoms with E-state index in [0.717, 1.165) is 48.8 Å². The number of rotatable bonds is 7. The Morgan fingerprint density at radius 3 is 2.86 bits per heavy atom. The predicted octanol–water partition coefficient (Wildman–Crippen LogP) is 4.09. The van der Waals surface area contributed by atoms with Gasteiger partial charge in [-0.25, -0.2) is 0 Å². The number of fused-ring (bicyclic) bond motifs is 1. The molecule has 0 aliphatic carbocycles. The second-order valence-corrected chi connectivity index (χ2v) is 7.77. The molecule has 1 N–H and O–H groups in total. The molecule has 5 nitrogen and oxygen atoms in total. The molecular formula is C23H31N3O2. The van der Waals surface area contributed by atoms with Crippen molar-refractivity contribution in [3.05, 3.63) is 41.6 Å². The molecule has 28 heavy (non-hydrogen) atoms. The Morgan fingerprint density at radius 2 is 2.04 bits per heavy atom. The second kappa shape index (κ2) is 9.67. The summed E-state index contributed by atoms with van der Waals surface area (Å²) in [6, 6.07) is 9.61. The van der Waals surface area contributed by atoms with Gasteiger partial charge in [0.05, 0.1) is 17.0 Å². The van der Waals surface area contributed by atoms with E-state index >= 15 is 0 Å². The van der Waals surface area contributed by atoms with Crippen LogP contribution in [0.25, 0.3) is 10.9 Å². The Morgan fingerprint density at radius 1 is 1.21 bits per heavy atom. The van der Waals surface area contributed by atoms with E-state index in [-0.39, 0.29) is 17.7 Å². The summed E-state index contributed by atoms with van der Waals surface area (Å²) in [6.07, 6.45) is 6.29. The van der Waals surface area contributed by atoms with E-state index < -0.39 is 0 Å². The Labute approximate surface area is 167 Å². The maximum absolute atomic E-state index is 13.2. The molecule has 1 aliphatic rings. The lowest BCUT2D eigenvalue weighted by Gasteiger charge is -2.32. The Kier molecular flexibility index (Phi) is 7.01. The minimum atomic E-state index is -0.113. The lowest BCUT2D eigenvalue weighted by molar-refractivity contribution is -0.126. The molecule has 5 heteroatoms. The molecule has 1 unspecified atom stereocenters. The van der Waals surface area contributed by atoms with Crippen molar-refractivity contribution in [3.63, 3.8) is 0 Å². The van der Waals surface area contributed by atoms with E-state index in [1.54, 1.807) is 0 Å². The highest BCUT2D eigenvalue weighted by Gasteiger charge is 2.29. The number of likely N-dealkylation sites (tertiary alicyclic amines) is 1. The summed E-state index contributed by atoms with van der Waals surface area (Å²) in [4.78, 5) is 32.1. The fourth-order valence-corrected chi connectivity index (χ4v) is 3.94. The smallest absolute Gasteiger partial charge is 0.254 e. The number of hydrogen-bond donors (Lipinski definition) is 1. The molecule has 1 atom stereocenters. The lowest BCUT2D eigenvalue weighted by atomic mass is 9.96. The van der Waals surface area contributed by atoms with Crippen LogP contribution in [0.15, 0.2) is 30.3 Å². The highest BCUT2D eigenvalue weighted by molar-refractivity contribution is 6.06. The molecule has 1 aromatic heterocycles. The van der Waals surface area contributed by atoms with Crippen LogP contribution >= 0.6 is 0 Å². The molecular weight excluding hydrogens is 350 g/mol. The third-order valence-corrected chi connectivity index (χ3v) is 5.48. The largest absolute Gasteiger partial charge is 0.356 e. The van der Waals surface area contributed by atoms with Crippen LogP contribution in [0.3, 0.4) is 0 Å². The van der Waals surface area contributed by atoms with Gasteiger partial charge in [-0.1, -0.05) is 44.4 Å². The molecule has 2 aromatic rings. The average Bonchev–Trinajstić information content (AvgIpc) is 2.72. The molecule has 0 spiro atoms. The molecule has 1 fully saturated rings. The number of para-hydroxylation sites is 1. The van der Waals surface area contributed by atoms with Crippen molar-refractivity contribution in [3.8, 4) is 0 Å². The van der Waals surface area contributed by atoms with Crippen molar-refractivity contribution in [2.24, 2.45) is 5.92 Å². The molecule has 0 radical (unpaired) electrons. The van der Waals surface area contributed by atoms with E-state index in [0.29, 0.717) is 18.7 Å². The Hall–Kier alpha value is -2.43. The second-order valence-electron chi connectivity index (χ2n) is 7.77. The molecule has 3 rings (SSSR count). The molecule has 2 heterocycles. The van der Waals surface area contributed by atoms with Gasteiger partial charge in [0.2, 0.25) is 5.91 Å². The highest BCUT2D eigenvalue weighted by atomic mass is 16.2. The number of unbranched alkanes of at least 4 members (excludes halogenated alkanes) is 3. The van der Waals surface area contributed by atoms with Crippen LogP contribution in [0.4, 0.5) is 0 Å². The van der Waals surface area contributed by atoms with Gasteiger partial charge in [-0.3, -0.25) is 14.6 Å². The van der Waals surface area contributed by atoms with E-state index in [4.69, 9.17) is 0 Å². The van der Waals surface area contributed by atoms with Gasteiger partial charge in [0.25, 0.3) is 5.91 Å². The molecule has 1 saturated heterocycles. The monoisotopic (exact) mass is 381 g/mol. The zero-order chi connectivity index (χ0) is 19.9. The summed E-state index contributed by atoms with van der Waals surface area (Å²) in [5, 5.41) is 3.94. The highest BCUT2D eigenvalue weighted by Crippen LogP contribution is 2.23. The zero-order valence-electron chi connectivity index (χ0n) is 17.0. The van der Waals surface area contributed by atoms with Crippen LogP contribution in [0.1, 0.15) is 61.5 Å². The molecule has 1 aliphatic heterocycles. The number of piperidine rings is 1. The van der Waals surface area contributed by atoms with E-state index in [1.807, 2.05) is 42.2 Å². The summed E-state index contributed by atoms with van der Waals surface area (Å²) in [7, 11) is 0. The number of nitrogens with one attached hydrogen (secondary N) is 1. The van der Waals surface area contributed by atoms with Crippen LogP contribution in [0.5, 0.6) is 0 Å². The Bertz CT molecular complexity index is 834. The van der Waals surface area contributed by atoms with Crippen molar-refractivity contribution in [1.29, 1.82) is 0 Å². The number of aryl methyl sites for hydroxylation is 1. The summed E-state index contributed by atoms with van der Waals surface area (Å²) in [6.45, 7) is 6.02. The van der Waals surface area contributed by atoms with Gasteiger partial charge in [-0.2, -0.15) is 0 Å². The van der Waals surface area contributed by atoms with Gasteiger partial charge >= 0.3 is 0 Å². The fourth-order valence-electron chi connectivity index (χ4n) is 3.94. The predicted molar refractivity (Wildman–Crippen MR) is 112 cm³/mol. The topological polar surface area (TPSA) is 62.3 Å². The number of amides is 2. The van der Waals surface area contributed by atoms with Crippen LogP contribution in [0.2, 0.25) is 0 Å². The summed E-state index contributed by atoms with van der Waals surface area (Å²) < 4.78 is 0. The Balaban J connectivity index is 1.66. The van der Waals surface area contributed by atoms with E-state index in [1.165, 1.54) is 12.8 Å². The first kappa shape index (κ1) is 20.3. The maximum Gasteiger partial charge on any atom is 0.254 e. The summed E-state index contributed by atoms with van der Waals surface area (Å²) in [5.74, 6) is -0.0232. The molecule has 150 valence electrons. The SMILES string of the molecule is CCCCCCNC(=O)C1CCCN(C(=O)c2cc(C)nc3ccccc23)C1. The molecule has 2 amide bonds. The minimum absolute atomic E-state index is 0.00199. The number of benzene rings is 1. The standard InChI is InChI=1S/C23H31N3O2/c1-3-4-5-8-13-24-22(27)18-10-9-14-26(16-18)23(28)20-15-17(2)25-21-12-7-6-11-19(20)21/h6-7,11-12,15,18H,3-5,8-10,13-14,16H2,1-2H3,(H,24,27). The quantitative estimate of drug-likeness (QED) is 0.735. The van der Waals surface area contributed by atoms with Crippen LogP contribution in [0, 0.1) is 12.8 Å². The van der Waals surface area contributed by atoms with Crippen LogP contribution in [-0.2, 0) is 4.79 Å². The summed E-state index contributed by atoms with van der Waals surface area (Å²) >= 11 is 0. The van der Waals surface area contributed by atoms with Crippen molar-refractivity contribution in [2.45, 2.75) is 52.4 Å². The maximum atomic E-state index is 13.2. The van der Waals surface area contributed by atoms with Gasteiger partial charge in [-0.05, 0) is 38.3 Å². The molecule has 0 bridgehead atoms. The number of hydrogen-bond acceptors (Lipinski definition) is 3. The van der Waals surface area contributed by atoms with Crippen molar-refractivity contribution < 1.29 is 9.59 Å². The van der Waals surface area contributed by atoms with Gasteiger partial charge in [0.1, 0.15) is 0 Å². The fraction of sp³-hybridized carbons (Fsp3) is 0.522. The van der Waals surface area contributed by atoms with Crippen molar-refractivity contribution >= 4 is 22.7 Å². The zero-order valence-corrected chi connectivity index (χ0v) is 17.0. The van der Waals surface area contributed by atoms with Crippen molar-refractivity contribution in [1.82, 2.24) is 15.2 Å². The van der Waals surface area contributed by atoms with Crippen LogP contribution < -0.4 is 5.32 Å². The van der Waals surface area contributed by atoms with Gasteiger partial charge in [0.15, 0.2) is 0 Å². The van der Waals surface area contributed by atoms with Crippen molar-refractivity contribution in [2.75, 3.05) is 19.6 Å². The summed E-state index contributed by atoms with van der Waals surface area (Å²) in [5.41, 5.74) is 2.35. The number of carbonyl (C=O) groups excluding carboxylic acids is 2. The first-order chi connectivity index (χ1) is 13.6. The van der Waals surface area contributed by atoms with E-state index in [9.17, 15) is 9.59 Å². The first-order valence-electron chi connectivity index (χ1n) is 10.5. The number of pyridine rings is 1. The van der Waals surface area contributed by atoms with E-state index in [2.05, 4.69) is 17.2 Å². The first-order valence-corrected chi connectivity index (χ1v) is 10.5. The number of carbonyl (C=O) groups is 2. The van der Waals surface area contributed by atoms with Gasteiger partial charge < -0.3 is 10.2 Å².